The van der Waals surface area contributed by atoms with Gasteiger partial charge in [-0.25, -0.2) is 9.97 Å². The highest BCUT2D eigenvalue weighted by atomic mass is 35.5. The van der Waals surface area contributed by atoms with E-state index in [2.05, 4.69) is 34.8 Å². The molecule has 1 saturated heterocycles. The number of rotatable bonds is 4. The van der Waals surface area contributed by atoms with Crippen LogP contribution in [0.1, 0.15) is 38.8 Å². The number of hydrogen-bond donors (Lipinski definition) is 0. The molecule has 1 aliphatic heterocycles. The van der Waals surface area contributed by atoms with Gasteiger partial charge in [-0.2, -0.15) is 0 Å². The van der Waals surface area contributed by atoms with E-state index in [1.165, 1.54) is 0 Å². The number of hydrogen-bond acceptors (Lipinski definition) is 3. The molecule has 1 atom stereocenters. The van der Waals surface area contributed by atoms with E-state index < -0.39 is 0 Å². The van der Waals surface area contributed by atoms with Crippen LogP contribution in [0.4, 0.5) is 5.82 Å². The zero-order chi connectivity index (χ0) is 13.0. The number of aryl methyl sites for hydroxylation is 1. The van der Waals surface area contributed by atoms with Gasteiger partial charge in [-0.05, 0) is 32.1 Å². The maximum absolute atomic E-state index is 6.17. The van der Waals surface area contributed by atoms with Gasteiger partial charge in [0.15, 0.2) is 0 Å². The third kappa shape index (κ3) is 3.35. The molecule has 0 aliphatic carbocycles. The van der Waals surface area contributed by atoms with Crippen molar-refractivity contribution in [1.82, 2.24) is 9.97 Å². The Hall–Kier alpha value is -0.830. The van der Waals surface area contributed by atoms with Gasteiger partial charge in [0, 0.05) is 30.2 Å². The molecule has 100 valence electrons. The summed E-state index contributed by atoms with van der Waals surface area (Å²) in [7, 11) is 0. The summed E-state index contributed by atoms with van der Waals surface area (Å²) in [5.74, 6) is 1.73. The van der Waals surface area contributed by atoms with Crippen LogP contribution in [0.5, 0.6) is 0 Å². The molecule has 0 saturated carbocycles. The van der Waals surface area contributed by atoms with Crippen molar-refractivity contribution in [2.75, 3.05) is 18.0 Å². The smallest absolute Gasteiger partial charge is 0.132 e. The predicted octanol–water partition coefficient (Wildman–Crippen LogP) is 3.27. The van der Waals surface area contributed by atoms with Crippen molar-refractivity contribution in [2.45, 2.75) is 44.9 Å². The topological polar surface area (TPSA) is 29.0 Å². The Morgan fingerprint density at radius 1 is 1.39 bits per heavy atom. The molecule has 0 aromatic carbocycles. The van der Waals surface area contributed by atoms with E-state index in [0.717, 1.165) is 50.3 Å². The third-order valence-corrected chi connectivity index (χ3v) is 4.08. The van der Waals surface area contributed by atoms with Crippen molar-refractivity contribution < 1.29 is 0 Å². The first-order chi connectivity index (χ1) is 8.70. The molecule has 1 unspecified atom stereocenters. The Morgan fingerprint density at radius 3 is 2.72 bits per heavy atom. The number of anilines is 1. The van der Waals surface area contributed by atoms with Crippen molar-refractivity contribution in [3.05, 3.63) is 18.1 Å². The normalized spacial score (nSPS) is 18.9. The van der Waals surface area contributed by atoms with E-state index in [1.807, 2.05) is 0 Å². The van der Waals surface area contributed by atoms with Crippen molar-refractivity contribution in [3.63, 3.8) is 0 Å². The molecule has 0 amide bonds. The van der Waals surface area contributed by atoms with Gasteiger partial charge < -0.3 is 4.90 Å². The second-order valence-corrected chi connectivity index (χ2v) is 5.81. The van der Waals surface area contributed by atoms with Crippen LogP contribution in [0, 0.1) is 5.92 Å². The Morgan fingerprint density at radius 2 is 2.11 bits per heavy atom. The first-order valence-electron chi connectivity index (χ1n) is 6.90. The maximum atomic E-state index is 6.17. The average molecular weight is 268 g/mol. The zero-order valence-electron chi connectivity index (χ0n) is 11.3. The molecule has 1 aliphatic rings. The lowest BCUT2D eigenvalue weighted by Gasteiger charge is -2.33. The summed E-state index contributed by atoms with van der Waals surface area (Å²) in [5, 5.41) is 0.285. The molecular weight excluding hydrogens is 246 g/mol. The minimum atomic E-state index is 0.285. The number of halogens is 1. The van der Waals surface area contributed by atoms with Gasteiger partial charge in [0.2, 0.25) is 0 Å². The summed E-state index contributed by atoms with van der Waals surface area (Å²) in [4.78, 5) is 11.1. The fourth-order valence-electron chi connectivity index (χ4n) is 2.54. The van der Waals surface area contributed by atoms with Crippen LogP contribution < -0.4 is 4.90 Å². The molecule has 1 fully saturated rings. The van der Waals surface area contributed by atoms with Crippen LogP contribution in [0.2, 0.25) is 0 Å². The first-order valence-corrected chi connectivity index (χ1v) is 7.34. The van der Waals surface area contributed by atoms with Gasteiger partial charge in [0.05, 0.1) is 0 Å². The van der Waals surface area contributed by atoms with Crippen molar-refractivity contribution >= 4 is 17.4 Å². The first kappa shape index (κ1) is 13.6. The van der Waals surface area contributed by atoms with Gasteiger partial charge in [-0.15, -0.1) is 11.6 Å². The Labute approximate surface area is 115 Å². The van der Waals surface area contributed by atoms with E-state index in [1.54, 1.807) is 6.33 Å². The molecule has 0 radical (unpaired) electrons. The summed E-state index contributed by atoms with van der Waals surface area (Å²) in [5.41, 5.74) is 1.15. The standard InChI is InChI=1S/C14H22ClN3/c1-3-4-13-9-14(17-10-16-13)18-7-5-12(6-8-18)11(2)15/h9-12H,3-8H2,1-2H3. The molecule has 1 aromatic rings. The lowest BCUT2D eigenvalue weighted by molar-refractivity contribution is 0.398. The highest BCUT2D eigenvalue weighted by Gasteiger charge is 2.23. The van der Waals surface area contributed by atoms with Crippen molar-refractivity contribution in [2.24, 2.45) is 5.92 Å². The minimum absolute atomic E-state index is 0.285. The fourth-order valence-corrected chi connectivity index (χ4v) is 2.79. The summed E-state index contributed by atoms with van der Waals surface area (Å²) in [6.07, 6.45) is 6.18. The molecule has 4 heteroatoms. The fraction of sp³-hybridized carbons (Fsp3) is 0.714. The summed E-state index contributed by atoms with van der Waals surface area (Å²) >= 11 is 6.17. The highest BCUT2D eigenvalue weighted by molar-refractivity contribution is 6.20. The predicted molar refractivity (Wildman–Crippen MR) is 76.3 cm³/mol. The number of piperidine rings is 1. The molecule has 3 nitrogen and oxygen atoms in total. The van der Waals surface area contributed by atoms with Crippen molar-refractivity contribution in [3.8, 4) is 0 Å². The third-order valence-electron chi connectivity index (χ3n) is 3.73. The number of alkyl halides is 1. The molecule has 0 spiro atoms. The Balaban J connectivity index is 1.98. The van der Waals surface area contributed by atoms with E-state index in [-0.39, 0.29) is 5.38 Å². The second-order valence-electron chi connectivity index (χ2n) is 5.12. The summed E-state index contributed by atoms with van der Waals surface area (Å²) in [6, 6.07) is 2.13. The van der Waals surface area contributed by atoms with Crippen LogP contribution in [0.25, 0.3) is 0 Å². The van der Waals surface area contributed by atoms with Crippen LogP contribution >= 0.6 is 11.6 Å². The van der Waals surface area contributed by atoms with Crippen LogP contribution in [-0.4, -0.2) is 28.4 Å². The lowest BCUT2D eigenvalue weighted by Crippen LogP contribution is -2.36. The van der Waals surface area contributed by atoms with Crippen LogP contribution in [0.15, 0.2) is 12.4 Å². The highest BCUT2D eigenvalue weighted by Crippen LogP contribution is 2.26. The van der Waals surface area contributed by atoms with Gasteiger partial charge in [0.25, 0.3) is 0 Å². The zero-order valence-corrected chi connectivity index (χ0v) is 12.0. The van der Waals surface area contributed by atoms with Gasteiger partial charge >= 0.3 is 0 Å². The molecular formula is C14H22ClN3. The largest absolute Gasteiger partial charge is 0.356 e. The molecule has 0 N–H and O–H groups in total. The number of aromatic nitrogens is 2. The van der Waals surface area contributed by atoms with Crippen LogP contribution in [0.3, 0.4) is 0 Å². The Bertz CT molecular complexity index is 373. The quantitative estimate of drug-likeness (QED) is 0.784. The molecule has 1 aromatic heterocycles. The van der Waals surface area contributed by atoms with E-state index >= 15 is 0 Å². The molecule has 2 rings (SSSR count). The number of nitrogens with zero attached hydrogens (tertiary/aromatic N) is 3. The molecule has 2 heterocycles. The minimum Gasteiger partial charge on any atom is -0.356 e. The van der Waals surface area contributed by atoms with E-state index in [0.29, 0.717) is 5.92 Å². The molecule has 0 bridgehead atoms. The summed E-state index contributed by atoms with van der Waals surface area (Å²) < 4.78 is 0. The van der Waals surface area contributed by atoms with E-state index in [4.69, 9.17) is 11.6 Å². The van der Waals surface area contributed by atoms with Crippen molar-refractivity contribution in [1.29, 1.82) is 0 Å². The van der Waals surface area contributed by atoms with Gasteiger partial charge in [-0.1, -0.05) is 13.3 Å². The van der Waals surface area contributed by atoms with E-state index in [9.17, 15) is 0 Å². The average Bonchev–Trinajstić information content (AvgIpc) is 2.39. The second kappa shape index (κ2) is 6.37. The van der Waals surface area contributed by atoms with Gasteiger partial charge in [-0.3, -0.25) is 0 Å². The monoisotopic (exact) mass is 267 g/mol. The molecule has 18 heavy (non-hydrogen) atoms. The van der Waals surface area contributed by atoms with Crippen LogP contribution in [-0.2, 0) is 6.42 Å². The Kier molecular flexibility index (Phi) is 4.81. The van der Waals surface area contributed by atoms with Gasteiger partial charge in [0.1, 0.15) is 12.1 Å². The summed E-state index contributed by atoms with van der Waals surface area (Å²) in [6.45, 7) is 6.40. The maximum Gasteiger partial charge on any atom is 0.132 e. The lowest BCUT2D eigenvalue weighted by atomic mass is 9.94. The SMILES string of the molecule is CCCc1cc(N2CCC(C(C)Cl)CC2)ncn1.